The zero-order chi connectivity index (χ0) is 12.5. The standard InChI is InChI=1S/C14H15N3O/c1-9-6-7-16-14(13(9)15)17-11-8-18-12-5-3-2-4-10(11)12/h2-7,11H,8,15H2,1H3,(H,16,17). The highest BCUT2D eigenvalue weighted by Gasteiger charge is 2.24. The highest BCUT2D eigenvalue weighted by Crippen LogP contribution is 2.34. The van der Waals surface area contributed by atoms with Crippen LogP contribution in [0.15, 0.2) is 36.5 Å². The van der Waals surface area contributed by atoms with Crippen molar-refractivity contribution in [2.24, 2.45) is 0 Å². The maximum absolute atomic E-state index is 6.01. The van der Waals surface area contributed by atoms with Gasteiger partial charge in [0, 0.05) is 11.8 Å². The summed E-state index contributed by atoms with van der Waals surface area (Å²) >= 11 is 0. The number of rotatable bonds is 2. The first kappa shape index (κ1) is 10.9. The van der Waals surface area contributed by atoms with E-state index in [0.29, 0.717) is 12.3 Å². The Kier molecular flexibility index (Phi) is 2.55. The summed E-state index contributed by atoms with van der Waals surface area (Å²) in [5.74, 6) is 1.65. The van der Waals surface area contributed by atoms with Crippen LogP contribution in [-0.4, -0.2) is 11.6 Å². The van der Waals surface area contributed by atoms with Crippen molar-refractivity contribution in [3.8, 4) is 5.75 Å². The van der Waals surface area contributed by atoms with Gasteiger partial charge in [-0.3, -0.25) is 0 Å². The van der Waals surface area contributed by atoms with Crippen LogP contribution in [0.4, 0.5) is 11.5 Å². The van der Waals surface area contributed by atoms with Crippen LogP contribution in [0.2, 0.25) is 0 Å². The fraction of sp³-hybridized carbons (Fsp3) is 0.214. The van der Waals surface area contributed by atoms with Gasteiger partial charge in [-0.15, -0.1) is 0 Å². The molecule has 0 amide bonds. The summed E-state index contributed by atoms with van der Waals surface area (Å²) in [6.07, 6.45) is 1.76. The molecule has 1 aromatic heterocycles. The van der Waals surface area contributed by atoms with Gasteiger partial charge in [0.05, 0.1) is 11.7 Å². The molecule has 0 aliphatic carbocycles. The number of benzene rings is 1. The molecule has 4 heteroatoms. The van der Waals surface area contributed by atoms with E-state index in [-0.39, 0.29) is 6.04 Å². The van der Waals surface area contributed by atoms with Gasteiger partial charge in [-0.25, -0.2) is 4.98 Å². The van der Waals surface area contributed by atoms with Gasteiger partial charge >= 0.3 is 0 Å². The second kappa shape index (κ2) is 4.22. The van der Waals surface area contributed by atoms with E-state index < -0.39 is 0 Å². The summed E-state index contributed by atoms with van der Waals surface area (Å²) in [7, 11) is 0. The largest absolute Gasteiger partial charge is 0.491 e. The summed E-state index contributed by atoms with van der Waals surface area (Å²) in [5, 5.41) is 3.35. The Morgan fingerprint density at radius 2 is 2.17 bits per heavy atom. The molecule has 18 heavy (non-hydrogen) atoms. The molecule has 1 aliphatic rings. The Morgan fingerprint density at radius 3 is 3.06 bits per heavy atom. The van der Waals surface area contributed by atoms with Gasteiger partial charge in [-0.1, -0.05) is 18.2 Å². The summed E-state index contributed by atoms with van der Waals surface area (Å²) < 4.78 is 5.62. The molecular weight excluding hydrogens is 226 g/mol. The third-order valence-electron chi connectivity index (χ3n) is 3.22. The van der Waals surface area contributed by atoms with Crippen molar-refractivity contribution < 1.29 is 4.74 Å². The number of para-hydroxylation sites is 1. The first-order valence-electron chi connectivity index (χ1n) is 5.95. The lowest BCUT2D eigenvalue weighted by atomic mass is 10.1. The van der Waals surface area contributed by atoms with Gasteiger partial charge in [0.25, 0.3) is 0 Å². The first-order chi connectivity index (χ1) is 8.75. The number of nitrogens with two attached hydrogens (primary N) is 1. The van der Waals surface area contributed by atoms with Gasteiger partial charge in [-0.2, -0.15) is 0 Å². The number of anilines is 2. The molecule has 3 N–H and O–H groups in total. The molecule has 3 rings (SSSR count). The van der Waals surface area contributed by atoms with Crippen LogP contribution >= 0.6 is 0 Å². The number of hydrogen-bond acceptors (Lipinski definition) is 4. The lowest BCUT2D eigenvalue weighted by molar-refractivity contribution is 0.339. The van der Waals surface area contributed by atoms with Crippen LogP contribution in [0.1, 0.15) is 17.2 Å². The maximum Gasteiger partial charge on any atom is 0.150 e. The van der Waals surface area contributed by atoms with Crippen LogP contribution in [0.5, 0.6) is 5.75 Å². The minimum absolute atomic E-state index is 0.109. The normalized spacial score (nSPS) is 17.1. The van der Waals surface area contributed by atoms with Crippen molar-refractivity contribution in [1.82, 2.24) is 4.98 Å². The van der Waals surface area contributed by atoms with E-state index in [1.807, 2.05) is 31.2 Å². The molecule has 1 unspecified atom stereocenters. The summed E-state index contributed by atoms with van der Waals surface area (Å²) in [6.45, 7) is 2.58. The maximum atomic E-state index is 6.01. The number of aromatic nitrogens is 1. The first-order valence-corrected chi connectivity index (χ1v) is 5.95. The molecule has 0 fully saturated rings. The number of fused-ring (bicyclic) bond motifs is 1. The van der Waals surface area contributed by atoms with E-state index in [1.54, 1.807) is 6.20 Å². The zero-order valence-electron chi connectivity index (χ0n) is 10.2. The third-order valence-corrected chi connectivity index (χ3v) is 3.22. The summed E-state index contributed by atoms with van der Waals surface area (Å²) in [6, 6.07) is 10.0. The number of nitrogens with zero attached hydrogens (tertiary/aromatic N) is 1. The van der Waals surface area contributed by atoms with Gasteiger partial charge < -0.3 is 15.8 Å². The van der Waals surface area contributed by atoms with Crippen LogP contribution in [0.25, 0.3) is 0 Å². The molecule has 2 heterocycles. The number of nitrogen functional groups attached to an aromatic ring is 1. The number of hydrogen-bond donors (Lipinski definition) is 2. The number of ether oxygens (including phenoxy) is 1. The predicted molar refractivity (Wildman–Crippen MR) is 71.7 cm³/mol. The molecule has 1 aliphatic heterocycles. The van der Waals surface area contributed by atoms with Crippen molar-refractivity contribution in [3.63, 3.8) is 0 Å². The van der Waals surface area contributed by atoms with Crippen molar-refractivity contribution in [1.29, 1.82) is 0 Å². The smallest absolute Gasteiger partial charge is 0.150 e. The van der Waals surface area contributed by atoms with Gasteiger partial charge in [-0.05, 0) is 24.6 Å². The lowest BCUT2D eigenvalue weighted by Crippen LogP contribution is -2.14. The van der Waals surface area contributed by atoms with Gasteiger partial charge in [0.15, 0.2) is 0 Å². The Hall–Kier alpha value is -2.23. The quantitative estimate of drug-likeness (QED) is 0.848. The van der Waals surface area contributed by atoms with Crippen molar-refractivity contribution >= 4 is 11.5 Å². The second-order valence-corrected chi connectivity index (χ2v) is 4.44. The third kappa shape index (κ3) is 1.76. The summed E-state index contributed by atoms with van der Waals surface area (Å²) in [5.41, 5.74) is 8.89. The topological polar surface area (TPSA) is 60.2 Å². The lowest BCUT2D eigenvalue weighted by Gasteiger charge is -2.14. The SMILES string of the molecule is Cc1ccnc(NC2COc3ccccc32)c1N. The Bertz CT molecular complexity index is 583. The molecule has 0 saturated heterocycles. The summed E-state index contributed by atoms with van der Waals surface area (Å²) in [4.78, 5) is 4.28. The van der Waals surface area contributed by atoms with E-state index >= 15 is 0 Å². The fourth-order valence-corrected chi connectivity index (χ4v) is 2.13. The molecule has 0 bridgehead atoms. The number of pyridine rings is 1. The highest BCUT2D eigenvalue weighted by molar-refractivity contribution is 5.66. The molecule has 1 aromatic carbocycles. The number of nitrogens with one attached hydrogen (secondary N) is 1. The average molecular weight is 241 g/mol. The number of aryl methyl sites for hydroxylation is 1. The minimum atomic E-state index is 0.109. The second-order valence-electron chi connectivity index (χ2n) is 4.44. The van der Waals surface area contributed by atoms with E-state index in [1.165, 1.54) is 0 Å². The van der Waals surface area contributed by atoms with Crippen LogP contribution in [-0.2, 0) is 0 Å². The molecule has 0 saturated carbocycles. The molecular formula is C14H15N3O. The Balaban J connectivity index is 1.89. The van der Waals surface area contributed by atoms with E-state index in [0.717, 1.165) is 22.7 Å². The van der Waals surface area contributed by atoms with E-state index in [9.17, 15) is 0 Å². The molecule has 4 nitrogen and oxygen atoms in total. The minimum Gasteiger partial charge on any atom is -0.491 e. The Labute approximate surface area is 106 Å². The van der Waals surface area contributed by atoms with Crippen LogP contribution in [0, 0.1) is 6.92 Å². The van der Waals surface area contributed by atoms with E-state index in [4.69, 9.17) is 10.5 Å². The molecule has 1 atom stereocenters. The molecule has 92 valence electrons. The van der Waals surface area contributed by atoms with Crippen LogP contribution in [0.3, 0.4) is 0 Å². The van der Waals surface area contributed by atoms with Gasteiger partial charge in [0.1, 0.15) is 18.2 Å². The van der Waals surface area contributed by atoms with Gasteiger partial charge in [0.2, 0.25) is 0 Å². The molecule has 2 aromatic rings. The highest BCUT2D eigenvalue weighted by atomic mass is 16.5. The monoisotopic (exact) mass is 241 g/mol. The van der Waals surface area contributed by atoms with Crippen LogP contribution < -0.4 is 15.8 Å². The van der Waals surface area contributed by atoms with Crippen molar-refractivity contribution in [2.45, 2.75) is 13.0 Å². The fourth-order valence-electron chi connectivity index (χ4n) is 2.13. The zero-order valence-corrected chi connectivity index (χ0v) is 10.2. The molecule has 0 spiro atoms. The van der Waals surface area contributed by atoms with E-state index in [2.05, 4.69) is 16.4 Å². The predicted octanol–water partition coefficient (Wildman–Crippen LogP) is 2.52. The molecule has 0 radical (unpaired) electrons. The Morgan fingerprint density at radius 1 is 1.33 bits per heavy atom. The average Bonchev–Trinajstić information content (AvgIpc) is 2.79. The van der Waals surface area contributed by atoms with Crippen molar-refractivity contribution in [3.05, 3.63) is 47.7 Å². The van der Waals surface area contributed by atoms with Crippen molar-refractivity contribution in [2.75, 3.05) is 17.7 Å².